The summed E-state index contributed by atoms with van der Waals surface area (Å²) < 4.78 is 5.73. The maximum Gasteiger partial charge on any atom is 0.261 e. The summed E-state index contributed by atoms with van der Waals surface area (Å²) in [5.41, 5.74) is 1.06. The van der Waals surface area contributed by atoms with Crippen LogP contribution in [0.3, 0.4) is 0 Å². The summed E-state index contributed by atoms with van der Waals surface area (Å²) >= 11 is 0. The summed E-state index contributed by atoms with van der Waals surface area (Å²) in [6, 6.07) is 7.57. The molecule has 1 heterocycles. The highest BCUT2D eigenvalue weighted by Gasteiger charge is 2.22. The second kappa shape index (κ2) is 6.57. The predicted molar refractivity (Wildman–Crippen MR) is 73.1 cm³/mol. The molecule has 1 aromatic rings. The van der Waals surface area contributed by atoms with Crippen LogP contribution in [-0.2, 0) is 11.2 Å². The minimum atomic E-state index is -0.384. The molecule has 0 saturated carbocycles. The van der Waals surface area contributed by atoms with Gasteiger partial charge in [0.1, 0.15) is 5.75 Å². The molecule has 1 aromatic carbocycles. The molecule has 0 bridgehead atoms. The van der Waals surface area contributed by atoms with Crippen LogP contribution in [0.4, 0.5) is 0 Å². The number of hydrogen-bond acceptors (Lipinski definition) is 3. The standard InChI is InChI=1S/C15H21NO3/c1-11(17)10-12-5-7-13(8-6-12)19-14-4-2-3-9-16-15(14)18/h5-8,11,14,17H,2-4,9-10H2,1H3,(H,16,18). The molecule has 0 aromatic heterocycles. The van der Waals surface area contributed by atoms with Crippen LogP contribution in [-0.4, -0.2) is 29.8 Å². The first kappa shape index (κ1) is 13.9. The van der Waals surface area contributed by atoms with Gasteiger partial charge in [-0.2, -0.15) is 0 Å². The fraction of sp³-hybridized carbons (Fsp3) is 0.533. The number of rotatable bonds is 4. The molecule has 4 heteroatoms. The highest BCUT2D eigenvalue weighted by atomic mass is 16.5. The van der Waals surface area contributed by atoms with Crippen molar-refractivity contribution in [1.29, 1.82) is 0 Å². The molecule has 1 aliphatic rings. The Kier molecular flexibility index (Phi) is 4.80. The molecular weight excluding hydrogens is 242 g/mol. The normalized spacial score (nSPS) is 21.4. The summed E-state index contributed by atoms with van der Waals surface area (Å²) in [5, 5.41) is 12.2. The van der Waals surface area contributed by atoms with E-state index in [0.29, 0.717) is 12.2 Å². The van der Waals surface area contributed by atoms with E-state index in [0.717, 1.165) is 31.4 Å². The molecule has 0 radical (unpaired) electrons. The molecule has 1 fully saturated rings. The molecule has 19 heavy (non-hydrogen) atoms. The molecule has 2 unspecified atom stereocenters. The summed E-state index contributed by atoms with van der Waals surface area (Å²) in [4.78, 5) is 11.8. The Morgan fingerprint density at radius 2 is 2.11 bits per heavy atom. The van der Waals surface area contributed by atoms with Gasteiger partial charge in [0.15, 0.2) is 6.10 Å². The zero-order chi connectivity index (χ0) is 13.7. The lowest BCUT2D eigenvalue weighted by Gasteiger charge is -2.16. The van der Waals surface area contributed by atoms with Crippen LogP contribution >= 0.6 is 0 Å². The van der Waals surface area contributed by atoms with Gasteiger partial charge in [-0.1, -0.05) is 12.1 Å². The average Bonchev–Trinajstić information content (AvgIpc) is 2.57. The third-order valence-corrected chi connectivity index (χ3v) is 3.22. The third kappa shape index (κ3) is 4.24. The number of hydrogen-bond donors (Lipinski definition) is 2. The van der Waals surface area contributed by atoms with Gasteiger partial charge < -0.3 is 15.2 Å². The molecule has 1 aliphatic heterocycles. The number of nitrogens with one attached hydrogen (secondary N) is 1. The molecular formula is C15H21NO3. The van der Waals surface area contributed by atoms with Gasteiger partial charge in [0.05, 0.1) is 6.10 Å². The van der Waals surface area contributed by atoms with Crippen LogP contribution in [0.1, 0.15) is 31.7 Å². The fourth-order valence-electron chi connectivity index (χ4n) is 2.23. The van der Waals surface area contributed by atoms with Gasteiger partial charge in [0, 0.05) is 6.54 Å². The minimum absolute atomic E-state index is 0.0226. The van der Waals surface area contributed by atoms with Crippen LogP contribution in [0.25, 0.3) is 0 Å². The van der Waals surface area contributed by atoms with Crippen molar-refractivity contribution in [2.45, 2.75) is 44.8 Å². The minimum Gasteiger partial charge on any atom is -0.481 e. The number of carbonyl (C=O) groups excluding carboxylic acids is 1. The average molecular weight is 263 g/mol. The third-order valence-electron chi connectivity index (χ3n) is 3.22. The number of aliphatic hydroxyl groups is 1. The quantitative estimate of drug-likeness (QED) is 0.868. The maximum atomic E-state index is 11.8. The lowest BCUT2D eigenvalue weighted by Crippen LogP contribution is -2.36. The van der Waals surface area contributed by atoms with Gasteiger partial charge in [0.25, 0.3) is 5.91 Å². The molecule has 1 saturated heterocycles. The SMILES string of the molecule is CC(O)Cc1ccc(OC2CCCCNC2=O)cc1. The second-order valence-corrected chi connectivity index (χ2v) is 5.09. The Bertz CT molecular complexity index is 414. The van der Waals surface area contributed by atoms with Crippen molar-refractivity contribution in [1.82, 2.24) is 5.32 Å². The first-order chi connectivity index (χ1) is 9.15. The largest absolute Gasteiger partial charge is 0.481 e. The molecule has 1 amide bonds. The molecule has 2 atom stereocenters. The van der Waals surface area contributed by atoms with Crippen molar-refractivity contribution in [2.24, 2.45) is 0 Å². The summed E-state index contributed by atoms with van der Waals surface area (Å²) in [5.74, 6) is 0.682. The number of carbonyl (C=O) groups is 1. The molecule has 104 valence electrons. The van der Waals surface area contributed by atoms with E-state index in [1.807, 2.05) is 24.3 Å². The number of aliphatic hydroxyl groups excluding tert-OH is 1. The Morgan fingerprint density at radius 3 is 2.79 bits per heavy atom. The van der Waals surface area contributed by atoms with Crippen LogP contribution in [0, 0.1) is 0 Å². The molecule has 0 spiro atoms. The summed E-state index contributed by atoms with van der Waals surface area (Å²) in [6.45, 7) is 2.51. The van der Waals surface area contributed by atoms with E-state index in [9.17, 15) is 9.90 Å². The van der Waals surface area contributed by atoms with Crippen molar-refractivity contribution >= 4 is 5.91 Å². The Hall–Kier alpha value is -1.55. The van der Waals surface area contributed by atoms with Crippen LogP contribution < -0.4 is 10.1 Å². The lowest BCUT2D eigenvalue weighted by atomic mass is 10.1. The molecule has 0 aliphatic carbocycles. The van der Waals surface area contributed by atoms with E-state index < -0.39 is 0 Å². The lowest BCUT2D eigenvalue weighted by molar-refractivity contribution is -0.127. The van der Waals surface area contributed by atoms with E-state index in [1.54, 1.807) is 6.92 Å². The van der Waals surface area contributed by atoms with Crippen molar-refractivity contribution in [3.05, 3.63) is 29.8 Å². The maximum absolute atomic E-state index is 11.8. The van der Waals surface area contributed by atoms with Crippen molar-refractivity contribution in [3.8, 4) is 5.75 Å². The Morgan fingerprint density at radius 1 is 1.37 bits per heavy atom. The second-order valence-electron chi connectivity index (χ2n) is 5.09. The van der Waals surface area contributed by atoms with Crippen molar-refractivity contribution in [3.63, 3.8) is 0 Å². The number of amides is 1. The zero-order valence-electron chi connectivity index (χ0n) is 11.3. The number of ether oxygens (including phenoxy) is 1. The molecule has 2 rings (SSSR count). The van der Waals surface area contributed by atoms with E-state index >= 15 is 0 Å². The fourth-order valence-corrected chi connectivity index (χ4v) is 2.23. The molecule has 4 nitrogen and oxygen atoms in total. The van der Waals surface area contributed by atoms with E-state index in [2.05, 4.69) is 5.32 Å². The molecule has 2 N–H and O–H groups in total. The Balaban J connectivity index is 1.96. The zero-order valence-corrected chi connectivity index (χ0v) is 11.3. The highest BCUT2D eigenvalue weighted by Crippen LogP contribution is 2.18. The predicted octanol–water partition coefficient (Wildman–Crippen LogP) is 1.66. The first-order valence-corrected chi connectivity index (χ1v) is 6.86. The van der Waals surface area contributed by atoms with Gasteiger partial charge in [-0.05, 0) is 50.3 Å². The van der Waals surface area contributed by atoms with Gasteiger partial charge in [-0.15, -0.1) is 0 Å². The van der Waals surface area contributed by atoms with Crippen molar-refractivity contribution < 1.29 is 14.6 Å². The van der Waals surface area contributed by atoms with E-state index in [1.165, 1.54) is 0 Å². The van der Waals surface area contributed by atoms with Crippen LogP contribution in [0.5, 0.6) is 5.75 Å². The summed E-state index contributed by atoms with van der Waals surface area (Å²) in [6.07, 6.45) is 2.68. The van der Waals surface area contributed by atoms with Gasteiger partial charge in [0.2, 0.25) is 0 Å². The van der Waals surface area contributed by atoms with E-state index in [-0.39, 0.29) is 18.1 Å². The Labute approximate surface area is 113 Å². The number of benzene rings is 1. The van der Waals surface area contributed by atoms with Crippen molar-refractivity contribution in [2.75, 3.05) is 6.54 Å². The van der Waals surface area contributed by atoms with Gasteiger partial charge >= 0.3 is 0 Å². The monoisotopic (exact) mass is 263 g/mol. The topological polar surface area (TPSA) is 58.6 Å². The first-order valence-electron chi connectivity index (χ1n) is 6.86. The van der Waals surface area contributed by atoms with E-state index in [4.69, 9.17) is 4.74 Å². The van der Waals surface area contributed by atoms with Gasteiger partial charge in [-0.3, -0.25) is 4.79 Å². The smallest absolute Gasteiger partial charge is 0.261 e. The van der Waals surface area contributed by atoms with Crippen LogP contribution in [0.2, 0.25) is 0 Å². The summed E-state index contributed by atoms with van der Waals surface area (Å²) in [7, 11) is 0. The highest BCUT2D eigenvalue weighted by molar-refractivity contribution is 5.81. The van der Waals surface area contributed by atoms with Crippen LogP contribution in [0.15, 0.2) is 24.3 Å². The van der Waals surface area contributed by atoms with Gasteiger partial charge in [-0.25, -0.2) is 0 Å².